The fraction of sp³-hybridized carbons (Fsp3) is 0.500. The molecule has 0 aromatic heterocycles. The van der Waals surface area contributed by atoms with Crippen molar-refractivity contribution in [3.05, 3.63) is 29.6 Å². The average Bonchev–Trinajstić information content (AvgIpc) is 2.61. The van der Waals surface area contributed by atoms with Crippen molar-refractivity contribution in [1.29, 1.82) is 0 Å². The lowest BCUT2D eigenvalue weighted by molar-refractivity contribution is -0.119. The van der Waals surface area contributed by atoms with Crippen molar-refractivity contribution in [2.75, 3.05) is 31.1 Å². The van der Waals surface area contributed by atoms with Crippen LogP contribution in [0.4, 0.5) is 10.1 Å². The molecule has 0 aliphatic carbocycles. The number of carbonyl (C=O) groups is 1. The summed E-state index contributed by atoms with van der Waals surface area (Å²) in [6.45, 7) is 5.31. The fourth-order valence-electron chi connectivity index (χ4n) is 2.28. The van der Waals surface area contributed by atoms with E-state index in [1.54, 1.807) is 12.1 Å². The molecule has 1 aliphatic heterocycles. The Balaban J connectivity index is 2.23. The van der Waals surface area contributed by atoms with Gasteiger partial charge in [-0.05, 0) is 36.7 Å². The molecule has 1 saturated heterocycles. The number of anilines is 1. The molecule has 2 N–H and O–H groups in total. The number of amides is 1. The van der Waals surface area contributed by atoms with E-state index in [4.69, 9.17) is 0 Å². The van der Waals surface area contributed by atoms with E-state index in [2.05, 4.69) is 10.6 Å². The zero-order valence-corrected chi connectivity index (χ0v) is 11.2. The summed E-state index contributed by atoms with van der Waals surface area (Å²) in [5.74, 6) is -0.216. The Bertz CT molecular complexity index is 450. The average molecular weight is 265 g/mol. The van der Waals surface area contributed by atoms with Crippen molar-refractivity contribution in [3.8, 4) is 0 Å². The second-order valence-corrected chi connectivity index (χ2v) is 4.68. The maximum atomic E-state index is 13.4. The van der Waals surface area contributed by atoms with Gasteiger partial charge in [0, 0.05) is 25.3 Å². The number of nitrogens with zero attached hydrogens (tertiary/aromatic N) is 1. The van der Waals surface area contributed by atoms with Crippen LogP contribution in [0.5, 0.6) is 0 Å². The van der Waals surface area contributed by atoms with Gasteiger partial charge in [-0.25, -0.2) is 4.39 Å². The standard InChI is InChI=1S/C14H20FN3O/c1-2-16-9-11-8-12(15)4-5-13(11)18-7-3-6-17-14(19)10-18/h4-5,8,16H,2-3,6-7,9-10H2,1H3,(H,17,19). The third-order valence-corrected chi connectivity index (χ3v) is 3.21. The summed E-state index contributed by atoms with van der Waals surface area (Å²) in [4.78, 5) is 13.6. The fourth-order valence-corrected chi connectivity index (χ4v) is 2.28. The van der Waals surface area contributed by atoms with Crippen LogP contribution in [0, 0.1) is 5.82 Å². The first kappa shape index (κ1) is 13.8. The molecule has 0 atom stereocenters. The molecule has 1 aromatic carbocycles. The maximum absolute atomic E-state index is 13.4. The van der Waals surface area contributed by atoms with Gasteiger partial charge < -0.3 is 15.5 Å². The van der Waals surface area contributed by atoms with E-state index < -0.39 is 0 Å². The smallest absolute Gasteiger partial charge is 0.239 e. The molecule has 5 heteroatoms. The molecule has 1 fully saturated rings. The number of hydrogen-bond donors (Lipinski definition) is 2. The number of rotatable bonds is 4. The van der Waals surface area contributed by atoms with Crippen LogP contribution < -0.4 is 15.5 Å². The highest BCUT2D eigenvalue weighted by Crippen LogP contribution is 2.22. The lowest BCUT2D eigenvalue weighted by atomic mass is 10.1. The molecule has 19 heavy (non-hydrogen) atoms. The van der Waals surface area contributed by atoms with Crippen LogP contribution in [0.3, 0.4) is 0 Å². The van der Waals surface area contributed by atoms with Crippen LogP contribution in [-0.2, 0) is 11.3 Å². The molecule has 2 rings (SSSR count). The Kier molecular flexibility index (Phi) is 4.74. The Morgan fingerprint density at radius 2 is 2.32 bits per heavy atom. The molecule has 0 unspecified atom stereocenters. The van der Waals surface area contributed by atoms with E-state index in [1.807, 2.05) is 11.8 Å². The Labute approximate surface area is 113 Å². The van der Waals surface area contributed by atoms with E-state index in [9.17, 15) is 9.18 Å². The summed E-state index contributed by atoms with van der Waals surface area (Å²) < 4.78 is 13.4. The van der Waals surface area contributed by atoms with Gasteiger partial charge >= 0.3 is 0 Å². The zero-order chi connectivity index (χ0) is 13.7. The van der Waals surface area contributed by atoms with Gasteiger partial charge in [-0.1, -0.05) is 6.92 Å². The highest BCUT2D eigenvalue weighted by Gasteiger charge is 2.17. The molecule has 1 amide bonds. The lowest BCUT2D eigenvalue weighted by Crippen LogP contribution is -2.33. The molecule has 4 nitrogen and oxygen atoms in total. The highest BCUT2D eigenvalue weighted by atomic mass is 19.1. The summed E-state index contributed by atoms with van der Waals surface area (Å²) in [5, 5.41) is 6.05. The maximum Gasteiger partial charge on any atom is 0.239 e. The van der Waals surface area contributed by atoms with Crippen LogP contribution in [0.25, 0.3) is 0 Å². The van der Waals surface area contributed by atoms with Gasteiger partial charge in [0.05, 0.1) is 6.54 Å². The first-order chi connectivity index (χ1) is 9.20. The van der Waals surface area contributed by atoms with Crippen molar-refractivity contribution < 1.29 is 9.18 Å². The molecule has 0 bridgehead atoms. The monoisotopic (exact) mass is 265 g/mol. The Hall–Kier alpha value is -1.62. The van der Waals surface area contributed by atoms with Crippen LogP contribution in [0.1, 0.15) is 18.9 Å². The molecule has 1 aromatic rings. The normalized spacial score (nSPS) is 16.1. The van der Waals surface area contributed by atoms with Gasteiger partial charge in [0.1, 0.15) is 5.82 Å². The Morgan fingerprint density at radius 3 is 3.11 bits per heavy atom. The summed E-state index contributed by atoms with van der Waals surface area (Å²) in [6.07, 6.45) is 0.907. The van der Waals surface area contributed by atoms with E-state index in [0.717, 1.165) is 30.8 Å². The summed E-state index contributed by atoms with van der Waals surface area (Å²) in [6, 6.07) is 4.76. The molecule has 104 valence electrons. The minimum atomic E-state index is -0.240. The largest absolute Gasteiger partial charge is 0.362 e. The topological polar surface area (TPSA) is 44.4 Å². The molecule has 0 spiro atoms. The number of benzene rings is 1. The summed E-state index contributed by atoms with van der Waals surface area (Å²) >= 11 is 0. The predicted molar refractivity (Wildman–Crippen MR) is 73.6 cm³/mol. The van der Waals surface area contributed by atoms with Gasteiger partial charge in [0.25, 0.3) is 0 Å². The molecule has 1 heterocycles. The predicted octanol–water partition coefficient (Wildman–Crippen LogP) is 1.26. The Morgan fingerprint density at radius 1 is 1.47 bits per heavy atom. The van der Waals surface area contributed by atoms with Crippen molar-refractivity contribution in [3.63, 3.8) is 0 Å². The van der Waals surface area contributed by atoms with Gasteiger partial charge in [-0.2, -0.15) is 0 Å². The molecular weight excluding hydrogens is 245 g/mol. The third kappa shape index (κ3) is 3.67. The van der Waals surface area contributed by atoms with E-state index in [0.29, 0.717) is 19.6 Å². The lowest BCUT2D eigenvalue weighted by Gasteiger charge is -2.24. The zero-order valence-electron chi connectivity index (χ0n) is 11.2. The van der Waals surface area contributed by atoms with E-state index in [1.165, 1.54) is 6.07 Å². The van der Waals surface area contributed by atoms with E-state index >= 15 is 0 Å². The number of carbonyl (C=O) groups excluding carboxylic acids is 1. The molecule has 0 saturated carbocycles. The van der Waals surface area contributed by atoms with Crippen LogP contribution in [-0.4, -0.2) is 32.1 Å². The van der Waals surface area contributed by atoms with Crippen molar-refractivity contribution >= 4 is 11.6 Å². The van der Waals surface area contributed by atoms with E-state index in [-0.39, 0.29) is 11.7 Å². The first-order valence-electron chi connectivity index (χ1n) is 6.71. The quantitative estimate of drug-likeness (QED) is 0.861. The van der Waals surface area contributed by atoms with Crippen LogP contribution >= 0.6 is 0 Å². The molecule has 1 aliphatic rings. The summed E-state index contributed by atoms with van der Waals surface area (Å²) in [5.41, 5.74) is 1.84. The number of nitrogens with one attached hydrogen (secondary N) is 2. The van der Waals surface area contributed by atoms with Gasteiger partial charge in [0.2, 0.25) is 5.91 Å². The number of hydrogen-bond acceptors (Lipinski definition) is 3. The van der Waals surface area contributed by atoms with Gasteiger partial charge in [-0.3, -0.25) is 4.79 Å². The summed E-state index contributed by atoms with van der Waals surface area (Å²) in [7, 11) is 0. The minimum absolute atomic E-state index is 0.0243. The van der Waals surface area contributed by atoms with Crippen LogP contribution in [0.15, 0.2) is 18.2 Å². The minimum Gasteiger partial charge on any atom is -0.362 e. The molecule has 0 radical (unpaired) electrons. The first-order valence-corrected chi connectivity index (χ1v) is 6.71. The molecular formula is C14H20FN3O. The van der Waals surface area contributed by atoms with Crippen molar-refractivity contribution in [1.82, 2.24) is 10.6 Å². The second kappa shape index (κ2) is 6.52. The SMILES string of the molecule is CCNCc1cc(F)ccc1N1CCCNC(=O)C1. The number of halogens is 1. The highest BCUT2D eigenvalue weighted by molar-refractivity contribution is 5.82. The van der Waals surface area contributed by atoms with Crippen LogP contribution in [0.2, 0.25) is 0 Å². The van der Waals surface area contributed by atoms with Crippen molar-refractivity contribution in [2.45, 2.75) is 19.9 Å². The second-order valence-electron chi connectivity index (χ2n) is 4.68. The van der Waals surface area contributed by atoms with Crippen molar-refractivity contribution in [2.24, 2.45) is 0 Å². The van der Waals surface area contributed by atoms with Gasteiger partial charge in [-0.15, -0.1) is 0 Å². The third-order valence-electron chi connectivity index (χ3n) is 3.21. The van der Waals surface area contributed by atoms with Gasteiger partial charge in [0.15, 0.2) is 0 Å².